The summed E-state index contributed by atoms with van der Waals surface area (Å²) in [5.74, 6) is 0.167. The highest BCUT2D eigenvalue weighted by molar-refractivity contribution is 7.89. The fourth-order valence-corrected chi connectivity index (χ4v) is 4.95. The summed E-state index contributed by atoms with van der Waals surface area (Å²) in [6.07, 6.45) is 0. The highest BCUT2D eigenvalue weighted by atomic mass is 32.2. The second kappa shape index (κ2) is 8.00. The van der Waals surface area contributed by atoms with Crippen LogP contribution in [0, 0.1) is 12.7 Å². The first-order chi connectivity index (χ1) is 14.3. The summed E-state index contributed by atoms with van der Waals surface area (Å²) in [5.41, 5.74) is 1.02. The molecule has 4 rings (SSSR count). The molecule has 0 bridgehead atoms. The van der Waals surface area contributed by atoms with Crippen molar-refractivity contribution in [2.24, 2.45) is 0 Å². The van der Waals surface area contributed by atoms with E-state index in [2.05, 4.69) is 5.10 Å². The fraction of sp³-hybridized carbons (Fsp3) is 0.238. The molecule has 1 aromatic heterocycles. The molecule has 0 saturated carbocycles. The third-order valence-corrected chi connectivity index (χ3v) is 6.94. The van der Waals surface area contributed by atoms with E-state index in [1.54, 1.807) is 24.3 Å². The Morgan fingerprint density at radius 3 is 2.30 bits per heavy atom. The van der Waals surface area contributed by atoms with E-state index >= 15 is 0 Å². The molecule has 0 atom stereocenters. The quantitative estimate of drug-likeness (QED) is 0.637. The minimum atomic E-state index is -3.56. The molecular weight excluding hydrogens is 407 g/mol. The molecule has 156 valence electrons. The monoisotopic (exact) mass is 428 g/mol. The number of aromatic nitrogens is 2. The van der Waals surface area contributed by atoms with Crippen molar-refractivity contribution in [3.63, 3.8) is 0 Å². The molecule has 1 saturated heterocycles. The molecule has 30 heavy (non-hydrogen) atoms. The van der Waals surface area contributed by atoms with Crippen LogP contribution in [0.25, 0.3) is 5.69 Å². The molecule has 0 radical (unpaired) electrons. The van der Waals surface area contributed by atoms with Gasteiger partial charge in [-0.15, -0.1) is 5.10 Å². The summed E-state index contributed by atoms with van der Waals surface area (Å²) in [7, 11) is -3.56. The molecule has 9 heteroatoms. The van der Waals surface area contributed by atoms with Gasteiger partial charge in [-0.1, -0.05) is 12.1 Å². The third-order valence-electron chi connectivity index (χ3n) is 5.05. The van der Waals surface area contributed by atoms with Crippen molar-refractivity contribution in [3.8, 4) is 5.69 Å². The average Bonchev–Trinajstić information content (AvgIpc) is 2.75. The lowest BCUT2D eigenvalue weighted by molar-refractivity contribution is 0.383. The Kier molecular flexibility index (Phi) is 5.40. The number of anilines is 1. The van der Waals surface area contributed by atoms with Gasteiger partial charge in [-0.05, 0) is 55.0 Å². The summed E-state index contributed by atoms with van der Waals surface area (Å²) in [4.78, 5) is 14.4. The lowest BCUT2D eigenvalue weighted by atomic mass is 10.2. The number of rotatable bonds is 4. The number of piperazine rings is 1. The van der Waals surface area contributed by atoms with Gasteiger partial charge in [0.25, 0.3) is 5.56 Å². The first-order valence-corrected chi connectivity index (χ1v) is 11.0. The van der Waals surface area contributed by atoms with Crippen LogP contribution in [0.1, 0.15) is 5.56 Å². The van der Waals surface area contributed by atoms with Gasteiger partial charge >= 0.3 is 0 Å². The SMILES string of the molecule is Cc1cccc(S(=O)(=O)N2CCN(c3ccc(=O)n(-c4ccc(F)cc4)n3)CC2)c1. The van der Waals surface area contributed by atoms with Gasteiger partial charge in [-0.3, -0.25) is 4.79 Å². The van der Waals surface area contributed by atoms with Crippen molar-refractivity contribution in [3.05, 3.63) is 82.4 Å². The van der Waals surface area contributed by atoms with Crippen LogP contribution in [0.4, 0.5) is 10.2 Å². The Balaban J connectivity index is 1.53. The van der Waals surface area contributed by atoms with Gasteiger partial charge in [0, 0.05) is 32.2 Å². The first-order valence-electron chi connectivity index (χ1n) is 9.53. The molecule has 1 aliphatic rings. The highest BCUT2D eigenvalue weighted by Gasteiger charge is 2.29. The summed E-state index contributed by atoms with van der Waals surface area (Å²) in [6, 6.07) is 15.4. The third kappa shape index (κ3) is 3.99. The van der Waals surface area contributed by atoms with Crippen LogP contribution < -0.4 is 10.5 Å². The van der Waals surface area contributed by atoms with Gasteiger partial charge in [0.2, 0.25) is 10.0 Å². The van der Waals surface area contributed by atoms with Crippen LogP contribution >= 0.6 is 0 Å². The molecule has 3 aromatic rings. The number of hydrogen-bond acceptors (Lipinski definition) is 5. The molecule has 0 spiro atoms. The fourth-order valence-electron chi connectivity index (χ4n) is 3.42. The number of sulfonamides is 1. The second-order valence-electron chi connectivity index (χ2n) is 7.13. The van der Waals surface area contributed by atoms with Crippen LogP contribution in [0.5, 0.6) is 0 Å². The Bertz CT molecular complexity index is 1220. The van der Waals surface area contributed by atoms with Crippen molar-refractivity contribution in [2.75, 3.05) is 31.1 Å². The van der Waals surface area contributed by atoms with Crippen molar-refractivity contribution < 1.29 is 12.8 Å². The van der Waals surface area contributed by atoms with Crippen LogP contribution in [-0.4, -0.2) is 48.7 Å². The topological polar surface area (TPSA) is 75.5 Å². The Labute approximate surface area is 174 Å². The number of halogens is 1. The van der Waals surface area contributed by atoms with Crippen LogP contribution in [0.2, 0.25) is 0 Å². The van der Waals surface area contributed by atoms with Gasteiger partial charge in [-0.2, -0.15) is 8.99 Å². The molecule has 0 N–H and O–H groups in total. The van der Waals surface area contributed by atoms with E-state index in [0.717, 1.165) is 5.56 Å². The Morgan fingerprint density at radius 1 is 0.933 bits per heavy atom. The van der Waals surface area contributed by atoms with Gasteiger partial charge in [0.05, 0.1) is 10.6 Å². The lowest BCUT2D eigenvalue weighted by Gasteiger charge is -2.34. The predicted molar refractivity (Wildman–Crippen MR) is 112 cm³/mol. The largest absolute Gasteiger partial charge is 0.353 e. The molecule has 1 aliphatic heterocycles. The average molecular weight is 428 g/mol. The molecular formula is C21H21FN4O3S. The van der Waals surface area contributed by atoms with Crippen LogP contribution in [-0.2, 0) is 10.0 Å². The van der Waals surface area contributed by atoms with E-state index in [0.29, 0.717) is 42.6 Å². The van der Waals surface area contributed by atoms with Gasteiger partial charge < -0.3 is 4.90 Å². The molecule has 7 nitrogen and oxygen atoms in total. The van der Waals surface area contributed by atoms with E-state index < -0.39 is 15.8 Å². The number of hydrogen-bond donors (Lipinski definition) is 0. The predicted octanol–water partition coefficient (Wildman–Crippen LogP) is 2.19. The maximum absolute atomic E-state index is 13.2. The van der Waals surface area contributed by atoms with Gasteiger partial charge in [0.1, 0.15) is 11.6 Å². The molecule has 2 heterocycles. The zero-order valence-electron chi connectivity index (χ0n) is 16.4. The summed E-state index contributed by atoms with van der Waals surface area (Å²) < 4.78 is 41.7. The molecule has 0 unspecified atom stereocenters. The summed E-state index contributed by atoms with van der Waals surface area (Å²) in [6.45, 7) is 3.37. The molecule has 0 amide bonds. The second-order valence-corrected chi connectivity index (χ2v) is 9.06. The molecule has 0 aliphatic carbocycles. The van der Waals surface area contributed by atoms with Crippen molar-refractivity contribution in [1.82, 2.24) is 14.1 Å². The van der Waals surface area contributed by atoms with E-state index in [-0.39, 0.29) is 5.56 Å². The first kappa shape index (κ1) is 20.2. The Morgan fingerprint density at radius 2 is 1.63 bits per heavy atom. The van der Waals surface area contributed by atoms with E-state index in [1.807, 2.05) is 17.9 Å². The molecule has 1 fully saturated rings. The lowest BCUT2D eigenvalue weighted by Crippen LogP contribution is -2.49. The van der Waals surface area contributed by atoms with Crippen LogP contribution in [0.3, 0.4) is 0 Å². The smallest absolute Gasteiger partial charge is 0.271 e. The van der Waals surface area contributed by atoms with E-state index in [4.69, 9.17) is 0 Å². The standard InChI is InChI=1S/C21H21FN4O3S/c1-16-3-2-4-19(15-16)30(28,29)25-13-11-24(12-14-25)20-9-10-21(27)26(23-20)18-7-5-17(22)6-8-18/h2-10,15H,11-14H2,1H3. The minimum Gasteiger partial charge on any atom is -0.353 e. The van der Waals surface area contributed by atoms with E-state index in [9.17, 15) is 17.6 Å². The van der Waals surface area contributed by atoms with Crippen molar-refractivity contribution >= 4 is 15.8 Å². The van der Waals surface area contributed by atoms with E-state index in [1.165, 1.54) is 39.3 Å². The number of aryl methyl sites for hydroxylation is 1. The number of nitrogens with zero attached hydrogens (tertiary/aromatic N) is 4. The maximum Gasteiger partial charge on any atom is 0.271 e. The minimum absolute atomic E-state index is 0.291. The zero-order chi connectivity index (χ0) is 21.3. The summed E-state index contributed by atoms with van der Waals surface area (Å²) in [5, 5.41) is 4.39. The van der Waals surface area contributed by atoms with Gasteiger partial charge in [-0.25, -0.2) is 12.8 Å². The van der Waals surface area contributed by atoms with Crippen LogP contribution in [0.15, 0.2) is 70.4 Å². The highest BCUT2D eigenvalue weighted by Crippen LogP contribution is 2.20. The molecule has 2 aromatic carbocycles. The van der Waals surface area contributed by atoms with Crippen molar-refractivity contribution in [1.29, 1.82) is 0 Å². The maximum atomic E-state index is 13.2. The summed E-state index contributed by atoms with van der Waals surface area (Å²) >= 11 is 0. The van der Waals surface area contributed by atoms with Crippen molar-refractivity contribution in [2.45, 2.75) is 11.8 Å². The van der Waals surface area contributed by atoms with Gasteiger partial charge in [0.15, 0.2) is 0 Å². The normalized spacial score (nSPS) is 15.3. The zero-order valence-corrected chi connectivity index (χ0v) is 17.2. The number of benzene rings is 2. The Hall–Kier alpha value is -3.04.